The van der Waals surface area contributed by atoms with Crippen molar-refractivity contribution in [3.05, 3.63) is 46.8 Å². The highest BCUT2D eigenvalue weighted by Gasteiger charge is 2.29. The van der Waals surface area contributed by atoms with E-state index in [9.17, 15) is 9.59 Å². The first-order valence-electron chi connectivity index (χ1n) is 10.7. The van der Waals surface area contributed by atoms with E-state index in [1.54, 1.807) is 0 Å². The van der Waals surface area contributed by atoms with Gasteiger partial charge in [0.25, 0.3) is 0 Å². The highest BCUT2D eigenvalue weighted by Crippen LogP contribution is 2.24. The fourth-order valence-corrected chi connectivity index (χ4v) is 4.20. The molecule has 0 aliphatic carbocycles. The van der Waals surface area contributed by atoms with Gasteiger partial charge in [0.05, 0.1) is 18.2 Å². The number of aryl methyl sites for hydroxylation is 1. The molecular formula is C23H33N5O2. The van der Waals surface area contributed by atoms with E-state index in [1.807, 2.05) is 42.8 Å². The largest absolute Gasteiger partial charge is 0.368 e. The molecule has 0 saturated carbocycles. The third-order valence-corrected chi connectivity index (χ3v) is 5.76. The van der Waals surface area contributed by atoms with Gasteiger partial charge in [-0.1, -0.05) is 32.0 Å². The molecule has 30 heavy (non-hydrogen) atoms. The molecule has 1 aliphatic heterocycles. The van der Waals surface area contributed by atoms with E-state index in [2.05, 4.69) is 29.2 Å². The first-order valence-corrected chi connectivity index (χ1v) is 10.7. The molecule has 7 nitrogen and oxygen atoms in total. The third kappa shape index (κ3) is 5.08. The number of primary amides is 1. The maximum atomic E-state index is 12.8. The number of rotatable bonds is 8. The summed E-state index contributed by atoms with van der Waals surface area (Å²) in [6, 6.07) is 7.52. The van der Waals surface area contributed by atoms with Crippen LogP contribution in [0.5, 0.6) is 0 Å². The Hall–Kier alpha value is -2.67. The van der Waals surface area contributed by atoms with Crippen LogP contribution in [0.1, 0.15) is 49.2 Å². The number of anilines is 1. The number of amides is 2. The maximum absolute atomic E-state index is 12.8. The molecular weight excluding hydrogens is 378 g/mol. The minimum absolute atomic E-state index is 0.0642. The standard InChI is InChI=1S/C23H33N5O2/c1-15(2)13-28-17(4)19(16(3)26-28)12-22(29)25-20-9-6-5-8-18(20)14-27-11-7-10-21(27)23(24)30/h5-6,8-9,15,21H,7,10-14H2,1-4H3,(H2,24,30)(H,25,29). The predicted octanol–water partition coefficient (Wildman–Crippen LogP) is 2.79. The van der Waals surface area contributed by atoms with Crippen LogP contribution in [0.15, 0.2) is 24.3 Å². The van der Waals surface area contributed by atoms with Crippen LogP contribution in [-0.4, -0.2) is 39.1 Å². The van der Waals surface area contributed by atoms with Gasteiger partial charge in [-0.25, -0.2) is 0 Å². The van der Waals surface area contributed by atoms with Gasteiger partial charge in [0.2, 0.25) is 11.8 Å². The molecule has 0 spiro atoms. The average molecular weight is 412 g/mol. The molecule has 0 bridgehead atoms. The Bertz CT molecular complexity index is 918. The lowest BCUT2D eigenvalue weighted by molar-refractivity contribution is -0.122. The summed E-state index contributed by atoms with van der Waals surface area (Å²) in [5.74, 6) is 0.148. The zero-order valence-corrected chi connectivity index (χ0v) is 18.4. The molecule has 1 saturated heterocycles. The van der Waals surface area contributed by atoms with Gasteiger partial charge in [-0.05, 0) is 50.8 Å². The number of para-hydroxylation sites is 1. The van der Waals surface area contributed by atoms with Gasteiger partial charge in [0.1, 0.15) is 0 Å². The van der Waals surface area contributed by atoms with E-state index < -0.39 is 0 Å². The second-order valence-electron chi connectivity index (χ2n) is 8.64. The SMILES string of the molecule is Cc1nn(CC(C)C)c(C)c1CC(=O)Nc1ccccc1CN1CCCC1C(N)=O. The number of carbonyl (C=O) groups is 2. The van der Waals surface area contributed by atoms with Crippen LogP contribution in [0.2, 0.25) is 0 Å². The van der Waals surface area contributed by atoms with Crippen LogP contribution < -0.4 is 11.1 Å². The Kier molecular flexibility index (Phi) is 6.92. The lowest BCUT2D eigenvalue weighted by atomic mass is 10.1. The number of aromatic nitrogens is 2. The molecule has 1 atom stereocenters. The smallest absolute Gasteiger partial charge is 0.234 e. The molecule has 3 rings (SSSR count). The minimum Gasteiger partial charge on any atom is -0.368 e. The van der Waals surface area contributed by atoms with Crippen molar-refractivity contribution in [1.82, 2.24) is 14.7 Å². The summed E-state index contributed by atoms with van der Waals surface area (Å²) in [6.07, 6.45) is 2.04. The van der Waals surface area contributed by atoms with Crippen molar-refractivity contribution in [2.24, 2.45) is 11.7 Å². The Morgan fingerprint density at radius 3 is 2.70 bits per heavy atom. The van der Waals surface area contributed by atoms with Crippen molar-refractivity contribution in [2.75, 3.05) is 11.9 Å². The zero-order valence-electron chi connectivity index (χ0n) is 18.4. The van der Waals surface area contributed by atoms with Crippen molar-refractivity contribution >= 4 is 17.5 Å². The first kappa shape index (κ1) is 22.0. The lowest BCUT2D eigenvalue weighted by Crippen LogP contribution is -2.39. The second kappa shape index (κ2) is 9.43. The summed E-state index contributed by atoms with van der Waals surface area (Å²) in [4.78, 5) is 26.6. The van der Waals surface area contributed by atoms with E-state index in [-0.39, 0.29) is 24.3 Å². The molecule has 1 aliphatic rings. The zero-order chi connectivity index (χ0) is 21.8. The summed E-state index contributed by atoms with van der Waals surface area (Å²) in [5, 5.41) is 7.67. The molecule has 2 amide bonds. The van der Waals surface area contributed by atoms with Gasteiger partial charge < -0.3 is 11.1 Å². The number of nitrogens with one attached hydrogen (secondary N) is 1. The molecule has 0 radical (unpaired) electrons. The molecule has 1 aromatic heterocycles. The molecule has 3 N–H and O–H groups in total. The summed E-state index contributed by atoms with van der Waals surface area (Å²) < 4.78 is 1.99. The monoisotopic (exact) mass is 411 g/mol. The summed E-state index contributed by atoms with van der Waals surface area (Å²) in [7, 11) is 0. The number of benzene rings is 1. The normalized spacial score (nSPS) is 16.9. The molecule has 7 heteroatoms. The number of carbonyl (C=O) groups excluding carboxylic acids is 2. The lowest BCUT2D eigenvalue weighted by Gasteiger charge is -2.23. The van der Waals surface area contributed by atoms with E-state index in [1.165, 1.54) is 0 Å². The molecule has 1 unspecified atom stereocenters. The van der Waals surface area contributed by atoms with Gasteiger partial charge in [-0.15, -0.1) is 0 Å². The number of hydrogen-bond donors (Lipinski definition) is 2. The van der Waals surface area contributed by atoms with E-state index in [0.29, 0.717) is 12.5 Å². The minimum atomic E-state index is -0.279. The van der Waals surface area contributed by atoms with Gasteiger partial charge in [0, 0.05) is 30.0 Å². The molecule has 162 valence electrons. The number of nitrogens with two attached hydrogens (primary N) is 1. The highest BCUT2D eigenvalue weighted by molar-refractivity contribution is 5.93. The fourth-order valence-electron chi connectivity index (χ4n) is 4.20. The topological polar surface area (TPSA) is 93.2 Å². The van der Waals surface area contributed by atoms with Crippen LogP contribution in [0.4, 0.5) is 5.69 Å². The Morgan fingerprint density at radius 1 is 1.27 bits per heavy atom. The van der Waals surface area contributed by atoms with Gasteiger partial charge >= 0.3 is 0 Å². The fraction of sp³-hybridized carbons (Fsp3) is 0.522. The Labute approximate surface area is 178 Å². The second-order valence-corrected chi connectivity index (χ2v) is 8.64. The van der Waals surface area contributed by atoms with Crippen molar-refractivity contribution in [3.8, 4) is 0 Å². The van der Waals surface area contributed by atoms with Crippen molar-refractivity contribution < 1.29 is 9.59 Å². The highest BCUT2D eigenvalue weighted by atomic mass is 16.2. The van der Waals surface area contributed by atoms with Gasteiger partial charge in [-0.3, -0.25) is 19.2 Å². The van der Waals surface area contributed by atoms with E-state index in [0.717, 1.165) is 54.1 Å². The molecule has 1 fully saturated rings. The third-order valence-electron chi connectivity index (χ3n) is 5.76. The number of nitrogens with zero attached hydrogens (tertiary/aromatic N) is 3. The summed E-state index contributed by atoms with van der Waals surface area (Å²) in [6.45, 7) is 10.6. The maximum Gasteiger partial charge on any atom is 0.234 e. The van der Waals surface area contributed by atoms with Crippen LogP contribution >= 0.6 is 0 Å². The van der Waals surface area contributed by atoms with Crippen molar-refractivity contribution in [3.63, 3.8) is 0 Å². The molecule has 1 aromatic carbocycles. The van der Waals surface area contributed by atoms with Crippen molar-refractivity contribution in [2.45, 2.75) is 66.1 Å². The summed E-state index contributed by atoms with van der Waals surface area (Å²) >= 11 is 0. The number of hydrogen-bond acceptors (Lipinski definition) is 4. The molecule has 2 aromatic rings. The Morgan fingerprint density at radius 2 is 2.00 bits per heavy atom. The Balaban J connectivity index is 1.71. The van der Waals surface area contributed by atoms with E-state index in [4.69, 9.17) is 5.73 Å². The summed E-state index contributed by atoms with van der Waals surface area (Å²) in [5.41, 5.74) is 10.3. The predicted molar refractivity (Wildman–Crippen MR) is 118 cm³/mol. The van der Waals surface area contributed by atoms with Crippen LogP contribution in [0.25, 0.3) is 0 Å². The first-order chi connectivity index (χ1) is 14.3. The average Bonchev–Trinajstić information content (AvgIpc) is 3.23. The van der Waals surface area contributed by atoms with Crippen molar-refractivity contribution in [1.29, 1.82) is 0 Å². The van der Waals surface area contributed by atoms with Crippen LogP contribution in [0, 0.1) is 19.8 Å². The van der Waals surface area contributed by atoms with Gasteiger partial charge in [-0.2, -0.15) is 5.10 Å². The number of likely N-dealkylation sites (tertiary alicyclic amines) is 1. The van der Waals surface area contributed by atoms with Crippen LogP contribution in [0.3, 0.4) is 0 Å². The molecule has 2 heterocycles. The van der Waals surface area contributed by atoms with Crippen LogP contribution in [-0.2, 0) is 29.1 Å². The quantitative estimate of drug-likeness (QED) is 0.698. The van der Waals surface area contributed by atoms with E-state index >= 15 is 0 Å². The van der Waals surface area contributed by atoms with Gasteiger partial charge in [0.15, 0.2) is 0 Å².